The fourth-order valence-electron chi connectivity index (χ4n) is 2.36. The Morgan fingerprint density at radius 1 is 0.967 bits per heavy atom. The predicted octanol–water partition coefficient (Wildman–Crippen LogP) is 7.14. The van der Waals surface area contributed by atoms with E-state index in [1.165, 1.54) is 0 Å². The number of ketones is 1. The van der Waals surface area contributed by atoms with E-state index in [4.69, 9.17) is 23.2 Å². The summed E-state index contributed by atoms with van der Waals surface area (Å²) in [5, 5.41) is 11.2. The minimum atomic E-state index is -0.856. The molecular formula is C24H29BrCl2O2Zn. The van der Waals surface area contributed by atoms with Crippen molar-refractivity contribution < 1.29 is 29.4 Å². The molecule has 0 fully saturated rings. The molecule has 0 saturated heterocycles. The molecule has 0 radical (unpaired) electrons. The second-order valence-electron chi connectivity index (χ2n) is 6.00. The Morgan fingerprint density at radius 3 is 1.87 bits per heavy atom. The second kappa shape index (κ2) is 20.2. The minimum absolute atomic E-state index is 0. The minimum Gasteiger partial charge on any atom is -0.385 e. The van der Waals surface area contributed by atoms with Crippen LogP contribution in [-0.2, 0) is 25.1 Å². The zero-order chi connectivity index (χ0) is 22.0. The summed E-state index contributed by atoms with van der Waals surface area (Å²) in [6, 6.07) is 18.8. The SMILES string of the molecule is C=CCBr.C=CCC(O)(CCCl)c1ccccc1.O=C(CCCl)c1ccccc1.[Zn]. The van der Waals surface area contributed by atoms with Gasteiger partial charge in [-0.2, -0.15) is 0 Å². The van der Waals surface area contributed by atoms with Crippen molar-refractivity contribution in [2.24, 2.45) is 0 Å². The van der Waals surface area contributed by atoms with Gasteiger partial charge in [0.15, 0.2) is 5.78 Å². The number of hydrogen-bond donors (Lipinski definition) is 1. The molecule has 160 valence electrons. The summed E-state index contributed by atoms with van der Waals surface area (Å²) in [6.07, 6.45) is 5.01. The van der Waals surface area contributed by atoms with Crippen LogP contribution in [-0.4, -0.2) is 28.0 Å². The maximum absolute atomic E-state index is 11.2. The molecule has 2 rings (SSSR count). The summed E-state index contributed by atoms with van der Waals surface area (Å²) in [7, 11) is 0. The van der Waals surface area contributed by atoms with Gasteiger partial charge >= 0.3 is 0 Å². The van der Waals surface area contributed by atoms with Crippen molar-refractivity contribution in [2.75, 3.05) is 17.1 Å². The zero-order valence-corrected chi connectivity index (χ0v) is 23.3. The van der Waals surface area contributed by atoms with Crippen LogP contribution in [0.1, 0.15) is 35.2 Å². The average molecular weight is 566 g/mol. The van der Waals surface area contributed by atoms with Crippen molar-refractivity contribution in [1.82, 2.24) is 0 Å². The molecule has 0 amide bonds. The van der Waals surface area contributed by atoms with Crippen molar-refractivity contribution in [3.05, 3.63) is 97.1 Å². The van der Waals surface area contributed by atoms with Gasteiger partial charge in [-0.05, 0) is 18.4 Å². The van der Waals surface area contributed by atoms with E-state index in [2.05, 4.69) is 29.1 Å². The topological polar surface area (TPSA) is 37.3 Å². The molecule has 6 heteroatoms. The number of allylic oxidation sites excluding steroid dienone is 1. The maximum atomic E-state index is 11.2. The molecule has 0 aliphatic carbocycles. The summed E-state index contributed by atoms with van der Waals surface area (Å²) in [5.41, 5.74) is 0.791. The maximum Gasteiger partial charge on any atom is 0.164 e. The van der Waals surface area contributed by atoms with E-state index < -0.39 is 5.60 Å². The van der Waals surface area contributed by atoms with Gasteiger partial charge in [-0.1, -0.05) is 88.7 Å². The van der Waals surface area contributed by atoms with Crippen LogP contribution < -0.4 is 0 Å². The first-order valence-electron chi connectivity index (χ1n) is 9.24. The number of carbonyl (C=O) groups is 1. The van der Waals surface area contributed by atoms with Crippen LogP contribution in [0.2, 0.25) is 0 Å². The Labute approximate surface area is 212 Å². The number of alkyl halides is 3. The van der Waals surface area contributed by atoms with E-state index in [0.29, 0.717) is 31.0 Å². The molecule has 0 aromatic heterocycles. The van der Waals surface area contributed by atoms with E-state index in [9.17, 15) is 9.90 Å². The van der Waals surface area contributed by atoms with Gasteiger partial charge in [0, 0.05) is 48.6 Å². The first kappa shape index (κ1) is 31.4. The van der Waals surface area contributed by atoms with Gasteiger partial charge in [-0.25, -0.2) is 0 Å². The van der Waals surface area contributed by atoms with Crippen LogP contribution in [0, 0.1) is 0 Å². The van der Waals surface area contributed by atoms with Gasteiger partial charge in [-0.15, -0.1) is 36.4 Å². The van der Waals surface area contributed by atoms with Crippen LogP contribution in [0.25, 0.3) is 0 Å². The van der Waals surface area contributed by atoms with Gasteiger partial charge in [0.2, 0.25) is 0 Å². The molecule has 0 saturated carbocycles. The molecular weight excluding hydrogens is 536 g/mol. The number of benzene rings is 2. The molecule has 30 heavy (non-hydrogen) atoms. The van der Waals surface area contributed by atoms with Crippen molar-refractivity contribution in [2.45, 2.75) is 24.9 Å². The van der Waals surface area contributed by atoms with Crippen LogP contribution in [0.3, 0.4) is 0 Å². The second-order valence-corrected chi connectivity index (χ2v) is 7.40. The molecule has 0 aliphatic heterocycles. The van der Waals surface area contributed by atoms with Crippen LogP contribution in [0.5, 0.6) is 0 Å². The molecule has 2 aromatic rings. The first-order valence-corrected chi connectivity index (χ1v) is 11.4. The quantitative estimate of drug-likeness (QED) is 0.152. The fraction of sp³-hybridized carbons (Fsp3) is 0.292. The van der Waals surface area contributed by atoms with E-state index >= 15 is 0 Å². The third-order valence-corrected chi connectivity index (χ3v) is 4.66. The van der Waals surface area contributed by atoms with Crippen molar-refractivity contribution in [3.63, 3.8) is 0 Å². The number of halogens is 3. The number of carbonyl (C=O) groups excluding carboxylic acids is 1. The number of hydrogen-bond acceptors (Lipinski definition) is 2. The number of rotatable bonds is 9. The summed E-state index contributed by atoms with van der Waals surface area (Å²) >= 11 is 14.2. The summed E-state index contributed by atoms with van der Waals surface area (Å²) in [4.78, 5) is 11.2. The van der Waals surface area contributed by atoms with E-state index in [1.807, 2.05) is 48.5 Å². The smallest absolute Gasteiger partial charge is 0.164 e. The van der Waals surface area contributed by atoms with Gasteiger partial charge in [0.1, 0.15) is 0 Å². The van der Waals surface area contributed by atoms with Crippen molar-refractivity contribution in [1.29, 1.82) is 0 Å². The standard InChI is InChI=1S/C12H15ClO.C9H9ClO.C3H5Br.Zn/c1-2-8-12(14,9-10-13)11-6-4-3-5-7-11;10-7-6-9(11)8-4-2-1-3-5-8;1-2-3-4;/h2-7,14H,1,8-10H2;1-5H,6-7H2;2H,1,3H2;. The fourth-order valence-corrected chi connectivity index (χ4v) is 2.85. The Morgan fingerprint density at radius 2 is 1.47 bits per heavy atom. The Hall–Kier alpha value is -0.767. The van der Waals surface area contributed by atoms with Gasteiger partial charge in [0.25, 0.3) is 0 Å². The average Bonchev–Trinajstić information content (AvgIpc) is 2.76. The monoisotopic (exact) mass is 562 g/mol. The van der Waals surface area contributed by atoms with Crippen LogP contribution in [0.15, 0.2) is 86.0 Å². The largest absolute Gasteiger partial charge is 0.385 e. The molecule has 1 atom stereocenters. The molecule has 2 aromatic carbocycles. The van der Waals surface area contributed by atoms with E-state index in [-0.39, 0.29) is 25.3 Å². The van der Waals surface area contributed by atoms with Gasteiger partial charge < -0.3 is 5.11 Å². The molecule has 1 unspecified atom stereocenters. The van der Waals surface area contributed by atoms with E-state index in [0.717, 1.165) is 16.5 Å². The normalized spacial score (nSPS) is 11.2. The van der Waals surface area contributed by atoms with Gasteiger partial charge in [-0.3, -0.25) is 4.79 Å². The van der Waals surface area contributed by atoms with Crippen LogP contribution >= 0.6 is 39.1 Å². The molecule has 0 heterocycles. The first-order chi connectivity index (χ1) is 14.0. The molecule has 0 bridgehead atoms. The Balaban J connectivity index is 0. The molecule has 2 nitrogen and oxygen atoms in total. The third-order valence-electron chi connectivity index (χ3n) is 3.83. The van der Waals surface area contributed by atoms with Crippen molar-refractivity contribution in [3.8, 4) is 0 Å². The van der Waals surface area contributed by atoms with Crippen molar-refractivity contribution >= 4 is 44.9 Å². The zero-order valence-electron chi connectivity index (χ0n) is 17.3. The summed E-state index contributed by atoms with van der Waals surface area (Å²) in [5.74, 6) is 0.952. The summed E-state index contributed by atoms with van der Waals surface area (Å²) < 4.78 is 0. The third kappa shape index (κ3) is 13.5. The molecule has 1 N–H and O–H groups in total. The predicted molar refractivity (Wildman–Crippen MR) is 131 cm³/mol. The Bertz CT molecular complexity index is 699. The van der Waals surface area contributed by atoms with E-state index in [1.54, 1.807) is 24.3 Å². The number of Topliss-reactive ketones (excluding diaryl/α,β-unsaturated/α-hetero) is 1. The molecule has 0 aliphatic rings. The molecule has 0 spiro atoms. The van der Waals surface area contributed by atoms with Gasteiger partial charge in [0.05, 0.1) is 5.60 Å². The Kier molecular flexibility index (Phi) is 21.1. The van der Waals surface area contributed by atoms with Crippen LogP contribution in [0.4, 0.5) is 0 Å². The summed E-state index contributed by atoms with van der Waals surface area (Å²) in [6.45, 7) is 7.08. The number of aliphatic hydroxyl groups is 1.